The number of aliphatic carboxylic acids is 2. The van der Waals surface area contributed by atoms with E-state index >= 15 is 0 Å². The maximum Gasteiger partial charge on any atom is 2.00 e. The molecule has 2 atom stereocenters. The Bertz CT molecular complexity index is 197. The SMILES string of the molecule is N[C@@H](CSSC[C@H](N)C(=O)[O-])C(=O)[O-].[Ca+2]. The van der Waals surface area contributed by atoms with Gasteiger partial charge < -0.3 is 31.3 Å². The number of hydrogen-bond donors (Lipinski definition) is 2. The first-order valence-electron chi connectivity index (χ1n) is 3.62. The van der Waals surface area contributed by atoms with Crippen molar-refractivity contribution in [2.24, 2.45) is 11.5 Å². The number of nitrogens with two attached hydrogens (primary N) is 2. The summed E-state index contributed by atoms with van der Waals surface area (Å²) in [5.74, 6) is -2.37. The number of carboxylic acid groups (broad SMARTS) is 2. The van der Waals surface area contributed by atoms with Crippen molar-refractivity contribution in [1.82, 2.24) is 0 Å². The van der Waals surface area contributed by atoms with Crippen LogP contribution in [0.15, 0.2) is 0 Å². The van der Waals surface area contributed by atoms with Crippen molar-refractivity contribution < 1.29 is 19.8 Å². The Hall–Kier alpha value is 0.820. The molecule has 0 rings (SSSR count). The molecule has 0 saturated carbocycles. The second-order valence-electron chi connectivity index (χ2n) is 2.42. The summed E-state index contributed by atoms with van der Waals surface area (Å²) < 4.78 is 0. The number of carbonyl (C=O) groups is 2. The van der Waals surface area contributed by atoms with Gasteiger partial charge in [0.25, 0.3) is 0 Å². The predicted octanol–water partition coefficient (Wildman–Crippen LogP) is -3.86. The van der Waals surface area contributed by atoms with Crippen molar-refractivity contribution in [2.45, 2.75) is 12.1 Å². The zero-order chi connectivity index (χ0) is 11.1. The van der Waals surface area contributed by atoms with Gasteiger partial charge in [-0.2, -0.15) is 0 Å². The fourth-order valence-corrected chi connectivity index (χ4v) is 2.59. The normalized spacial score (nSPS) is 13.7. The summed E-state index contributed by atoms with van der Waals surface area (Å²) in [6, 6.07) is -2.10. The molecular formula is C6H10CaN2O4S2. The minimum Gasteiger partial charge on any atom is -0.548 e. The van der Waals surface area contributed by atoms with E-state index < -0.39 is 24.0 Å². The van der Waals surface area contributed by atoms with Gasteiger partial charge in [0, 0.05) is 11.5 Å². The molecule has 0 unspecified atom stereocenters. The first-order chi connectivity index (χ1) is 6.45. The van der Waals surface area contributed by atoms with Gasteiger partial charge in [-0.3, -0.25) is 0 Å². The minimum absolute atomic E-state index is 0. The molecular weight excluding hydrogens is 268 g/mol. The van der Waals surface area contributed by atoms with E-state index in [1.807, 2.05) is 0 Å². The Labute approximate surface area is 125 Å². The zero-order valence-corrected chi connectivity index (χ0v) is 11.7. The Morgan fingerprint density at radius 1 is 1.00 bits per heavy atom. The Kier molecular flexibility index (Phi) is 12.1. The van der Waals surface area contributed by atoms with Gasteiger partial charge in [-0.1, -0.05) is 21.6 Å². The van der Waals surface area contributed by atoms with Gasteiger partial charge >= 0.3 is 37.7 Å². The van der Waals surface area contributed by atoms with Crippen LogP contribution in [0.1, 0.15) is 0 Å². The molecule has 0 saturated heterocycles. The second-order valence-corrected chi connectivity index (χ2v) is 4.97. The van der Waals surface area contributed by atoms with Crippen LogP contribution in [0, 0.1) is 0 Å². The first kappa shape index (κ1) is 18.2. The third-order valence-electron chi connectivity index (χ3n) is 1.18. The minimum atomic E-state index is -1.33. The molecule has 82 valence electrons. The third-order valence-corrected chi connectivity index (χ3v) is 3.66. The van der Waals surface area contributed by atoms with Crippen LogP contribution in [0.4, 0.5) is 0 Å². The van der Waals surface area contributed by atoms with E-state index in [-0.39, 0.29) is 49.2 Å². The molecule has 0 amide bonds. The fraction of sp³-hybridized carbons (Fsp3) is 0.667. The Morgan fingerprint density at radius 2 is 1.27 bits per heavy atom. The van der Waals surface area contributed by atoms with Gasteiger partial charge in [0.1, 0.15) is 0 Å². The average Bonchev–Trinajstić information content (AvgIpc) is 2.11. The molecule has 0 aliphatic rings. The van der Waals surface area contributed by atoms with E-state index in [4.69, 9.17) is 11.5 Å². The van der Waals surface area contributed by atoms with Crippen molar-refractivity contribution >= 4 is 71.3 Å². The number of rotatable bonds is 7. The van der Waals surface area contributed by atoms with Gasteiger partial charge in [0.05, 0.1) is 24.0 Å². The fourth-order valence-electron chi connectivity index (χ4n) is 0.379. The Balaban J connectivity index is 0. The van der Waals surface area contributed by atoms with E-state index in [0.29, 0.717) is 0 Å². The van der Waals surface area contributed by atoms with Crippen LogP contribution in [0.2, 0.25) is 0 Å². The summed E-state index contributed by atoms with van der Waals surface area (Å²) in [5, 5.41) is 20.3. The molecule has 0 aromatic carbocycles. The molecule has 0 radical (unpaired) electrons. The van der Waals surface area contributed by atoms with Gasteiger partial charge in [-0.15, -0.1) is 0 Å². The summed E-state index contributed by atoms with van der Waals surface area (Å²) in [6.45, 7) is 0. The van der Waals surface area contributed by atoms with E-state index in [0.717, 1.165) is 21.6 Å². The van der Waals surface area contributed by atoms with Crippen LogP contribution in [0.25, 0.3) is 0 Å². The topological polar surface area (TPSA) is 132 Å². The molecule has 0 heterocycles. The maximum absolute atomic E-state index is 10.1. The monoisotopic (exact) mass is 278 g/mol. The summed E-state index contributed by atoms with van der Waals surface area (Å²) in [7, 11) is 2.27. The second kappa shape index (κ2) is 10.0. The summed E-state index contributed by atoms with van der Waals surface area (Å²) in [4.78, 5) is 20.3. The van der Waals surface area contributed by atoms with Crippen molar-refractivity contribution in [1.29, 1.82) is 0 Å². The van der Waals surface area contributed by atoms with Gasteiger partial charge in [0.2, 0.25) is 0 Å². The van der Waals surface area contributed by atoms with Crippen molar-refractivity contribution in [3.63, 3.8) is 0 Å². The van der Waals surface area contributed by atoms with Crippen molar-refractivity contribution in [2.75, 3.05) is 11.5 Å². The van der Waals surface area contributed by atoms with Gasteiger partial charge in [-0.05, 0) is 0 Å². The maximum atomic E-state index is 10.1. The van der Waals surface area contributed by atoms with Crippen molar-refractivity contribution in [3.05, 3.63) is 0 Å². The Morgan fingerprint density at radius 3 is 1.47 bits per heavy atom. The molecule has 0 fully saturated rings. The molecule has 0 spiro atoms. The summed E-state index contributed by atoms with van der Waals surface area (Å²) >= 11 is 0. The smallest absolute Gasteiger partial charge is 0.548 e. The summed E-state index contributed by atoms with van der Waals surface area (Å²) in [6.07, 6.45) is 0. The molecule has 9 heteroatoms. The average molecular weight is 278 g/mol. The van der Waals surface area contributed by atoms with E-state index in [9.17, 15) is 19.8 Å². The largest absolute Gasteiger partial charge is 2.00 e. The van der Waals surface area contributed by atoms with Crippen LogP contribution >= 0.6 is 21.6 Å². The third kappa shape index (κ3) is 9.73. The number of hydrogen-bond acceptors (Lipinski definition) is 8. The van der Waals surface area contributed by atoms with E-state index in [1.54, 1.807) is 0 Å². The predicted molar refractivity (Wildman–Crippen MR) is 56.6 cm³/mol. The van der Waals surface area contributed by atoms with Crippen molar-refractivity contribution in [3.8, 4) is 0 Å². The quantitative estimate of drug-likeness (QED) is 0.275. The molecule has 0 aromatic rings. The number of carbonyl (C=O) groups excluding carboxylic acids is 2. The molecule has 0 bridgehead atoms. The molecule has 4 N–H and O–H groups in total. The summed E-state index contributed by atoms with van der Waals surface area (Å²) in [5.41, 5.74) is 10.3. The van der Waals surface area contributed by atoms with Gasteiger partial charge in [0.15, 0.2) is 0 Å². The van der Waals surface area contributed by atoms with Crippen LogP contribution in [0.3, 0.4) is 0 Å². The zero-order valence-electron chi connectivity index (χ0n) is 7.88. The molecule has 0 aliphatic heterocycles. The van der Waals surface area contributed by atoms with E-state index in [2.05, 4.69) is 0 Å². The van der Waals surface area contributed by atoms with Crippen LogP contribution in [-0.4, -0.2) is 73.3 Å². The van der Waals surface area contributed by atoms with Crippen LogP contribution < -0.4 is 21.7 Å². The van der Waals surface area contributed by atoms with Gasteiger partial charge in [-0.25, -0.2) is 0 Å². The molecule has 6 nitrogen and oxygen atoms in total. The van der Waals surface area contributed by atoms with Crippen LogP contribution in [0.5, 0.6) is 0 Å². The van der Waals surface area contributed by atoms with Crippen LogP contribution in [-0.2, 0) is 9.59 Å². The first-order valence-corrected chi connectivity index (χ1v) is 6.11. The number of carboxylic acids is 2. The van der Waals surface area contributed by atoms with E-state index in [1.165, 1.54) is 0 Å². The standard InChI is InChI=1S/C6H12N2O4S2.Ca/c7-3(5(9)10)1-13-14-2-4(8)6(11)12;/h3-4H,1-2,7-8H2,(H,9,10)(H,11,12);/q;+2/p-2/t3-,4-;/m0./s1. The molecule has 0 aromatic heterocycles. The molecule has 0 aliphatic carbocycles. The molecule has 15 heavy (non-hydrogen) atoms.